The Labute approximate surface area is 146 Å². The maximum atomic E-state index is 12.4. The molecular weight excluding hydrogens is 354 g/mol. The number of hydrogen-bond acceptors (Lipinski definition) is 7. The Kier molecular flexibility index (Phi) is 5.93. The molecule has 126 valence electrons. The van der Waals surface area contributed by atoms with Gasteiger partial charge in [-0.05, 0) is 24.6 Å². The average molecular weight is 368 g/mol. The van der Waals surface area contributed by atoms with Crippen LogP contribution in [0.5, 0.6) is 0 Å². The highest BCUT2D eigenvalue weighted by atomic mass is 35.5. The number of nitrogens with zero attached hydrogens (tertiary/aromatic N) is 3. The van der Waals surface area contributed by atoms with Crippen LogP contribution in [0.2, 0.25) is 5.02 Å². The van der Waals surface area contributed by atoms with Gasteiger partial charge in [-0.3, -0.25) is 4.79 Å². The fourth-order valence-electron chi connectivity index (χ4n) is 1.77. The predicted octanol–water partition coefficient (Wildman–Crippen LogP) is 2.31. The fourth-order valence-corrected chi connectivity index (χ4v) is 2.77. The first-order valence-corrected chi connectivity index (χ1v) is 8.11. The van der Waals surface area contributed by atoms with Crippen LogP contribution in [-0.2, 0) is 4.79 Å². The molecule has 1 atom stereocenters. The first-order valence-electron chi connectivity index (χ1n) is 6.85. The SMILES string of the molecule is CCC(Sc1ncnc(N)n1)C(=O)Nc1cc(C(=O)O)ccc1Cl. The van der Waals surface area contributed by atoms with Crippen LogP contribution in [0.1, 0.15) is 23.7 Å². The molecule has 1 aromatic heterocycles. The highest BCUT2D eigenvalue weighted by Gasteiger charge is 2.21. The molecule has 0 aliphatic carbocycles. The van der Waals surface area contributed by atoms with Gasteiger partial charge in [0, 0.05) is 0 Å². The molecule has 2 rings (SSSR count). The number of rotatable bonds is 6. The van der Waals surface area contributed by atoms with Gasteiger partial charge in [-0.1, -0.05) is 30.3 Å². The molecule has 2 aromatic rings. The summed E-state index contributed by atoms with van der Waals surface area (Å²) in [6, 6.07) is 4.09. The number of hydrogen-bond donors (Lipinski definition) is 3. The second-order valence-corrected chi connectivity index (χ2v) is 6.21. The van der Waals surface area contributed by atoms with E-state index in [1.807, 2.05) is 6.92 Å². The Morgan fingerprint density at radius 1 is 1.42 bits per heavy atom. The van der Waals surface area contributed by atoms with Gasteiger partial charge in [0.05, 0.1) is 21.5 Å². The number of nitrogens with one attached hydrogen (secondary N) is 1. The summed E-state index contributed by atoms with van der Waals surface area (Å²) in [5, 5.41) is 11.7. The van der Waals surface area contributed by atoms with Crippen molar-refractivity contribution >= 4 is 46.9 Å². The van der Waals surface area contributed by atoms with E-state index in [0.717, 1.165) is 11.8 Å². The zero-order valence-electron chi connectivity index (χ0n) is 12.6. The first-order chi connectivity index (χ1) is 11.4. The highest BCUT2D eigenvalue weighted by molar-refractivity contribution is 8.00. The highest BCUT2D eigenvalue weighted by Crippen LogP contribution is 2.27. The number of benzene rings is 1. The standard InChI is InChI=1S/C14H14ClN5O3S/c1-2-10(24-14-18-6-17-13(16)20-14)11(21)19-9-5-7(12(22)23)3-4-8(9)15/h3-6,10H,2H2,1H3,(H,19,21)(H,22,23)(H2,16,17,18,20). The van der Waals surface area contributed by atoms with E-state index in [9.17, 15) is 9.59 Å². The molecule has 1 unspecified atom stereocenters. The van der Waals surface area contributed by atoms with Crippen LogP contribution in [0, 0.1) is 0 Å². The Bertz CT molecular complexity index is 774. The van der Waals surface area contributed by atoms with Gasteiger partial charge in [0.1, 0.15) is 6.33 Å². The summed E-state index contributed by atoms with van der Waals surface area (Å²) < 4.78 is 0. The number of nitrogens with two attached hydrogens (primary N) is 1. The van der Waals surface area contributed by atoms with Gasteiger partial charge in [-0.2, -0.15) is 4.98 Å². The third-order valence-corrected chi connectivity index (χ3v) is 4.52. The maximum Gasteiger partial charge on any atom is 0.335 e. The molecule has 0 saturated carbocycles. The molecular formula is C14H14ClN5O3S. The average Bonchev–Trinajstić information content (AvgIpc) is 2.54. The van der Waals surface area contributed by atoms with Crippen LogP contribution in [-0.4, -0.2) is 37.2 Å². The van der Waals surface area contributed by atoms with Gasteiger partial charge < -0.3 is 16.2 Å². The topological polar surface area (TPSA) is 131 Å². The lowest BCUT2D eigenvalue weighted by Gasteiger charge is -2.15. The Balaban J connectivity index is 2.15. The third-order valence-electron chi connectivity index (χ3n) is 2.95. The largest absolute Gasteiger partial charge is 0.478 e. The fraction of sp³-hybridized carbons (Fsp3) is 0.214. The molecule has 0 bridgehead atoms. The monoisotopic (exact) mass is 367 g/mol. The van der Waals surface area contributed by atoms with E-state index in [1.165, 1.54) is 24.5 Å². The number of aromatic nitrogens is 3. The van der Waals surface area contributed by atoms with E-state index in [2.05, 4.69) is 20.3 Å². The van der Waals surface area contributed by atoms with Crippen molar-refractivity contribution in [2.24, 2.45) is 0 Å². The van der Waals surface area contributed by atoms with Crippen LogP contribution < -0.4 is 11.1 Å². The lowest BCUT2D eigenvalue weighted by molar-refractivity contribution is -0.115. The van der Waals surface area contributed by atoms with Crippen molar-refractivity contribution in [3.05, 3.63) is 35.1 Å². The minimum absolute atomic E-state index is 0.0284. The molecule has 4 N–H and O–H groups in total. The van der Waals surface area contributed by atoms with Crippen LogP contribution >= 0.6 is 23.4 Å². The van der Waals surface area contributed by atoms with Crippen molar-refractivity contribution < 1.29 is 14.7 Å². The van der Waals surface area contributed by atoms with E-state index in [0.29, 0.717) is 11.6 Å². The quantitative estimate of drug-likeness (QED) is 0.663. The third kappa shape index (κ3) is 4.56. The van der Waals surface area contributed by atoms with Crippen molar-refractivity contribution in [3.63, 3.8) is 0 Å². The van der Waals surface area contributed by atoms with Crippen molar-refractivity contribution in [2.45, 2.75) is 23.8 Å². The molecule has 10 heteroatoms. The van der Waals surface area contributed by atoms with Crippen LogP contribution in [0.25, 0.3) is 0 Å². The second kappa shape index (κ2) is 7.93. The van der Waals surface area contributed by atoms with Crippen LogP contribution in [0.3, 0.4) is 0 Å². The zero-order chi connectivity index (χ0) is 17.7. The molecule has 0 radical (unpaired) electrons. The summed E-state index contributed by atoms with van der Waals surface area (Å²) in [5.74, 6) is -1.38. The minimum Gasteiger partial charge on any atom is -0.478 e. The Hall–Kier alpha value is -2.39. The van der Waals surface area contributed by atoms with Crippen molar-refractivity contribution in [3.8, 4) is 0 Å². The molecule has 1 amide bonds. The molecule has 1 heterocycles. The number of carboxylic acids is 1. The summed E-state index contributed by atoms with van der Waals surface area (Å²) in [6.45, 7) is 1.83. The molecule has 0 fully saturated rings. The molecule has 24 heavy (non-hydrogen) atoms. The normalized spacial score (nSPS) is 11.8. The van der Waals surface area contributed by atoms with E-state index in [-0.39, 0.29) is 28.1 Å². The summed E-state index contributed by atoms with van der Waals surface area (Å²) >= 11 is 7.14. The number of thioether (sulfide) groups is 1. The molecule has 0 aliphatic heterocycles. The van der Waals surface area contributed by atoms with E-state index in [4.69, 9.17) is 22.4 Å². The lowest BCUT2D eigenvalue weighted by atomic mass is 10.2. The number of carbonyl (C=O) groups is 2. The number of amides is 1. The van der Waals surface area contributed by atoms with Gasteiger partial charge in [0.15, 0.2) is 5.16 Å². The number of aromatic carboxylic acids is 1. The number of anilines is 2. The van der Waals surface area contributed by atoms with Gasteiger partial charge in [0.25, 0.3) is 0 Å². The molecule has 8 nitrogen and oxygen atoms in total. The van der Waals surface area contributed by atoms with Gasteiger partial charge in [-0.25, -0.2) is 14.8 Å². The number of halogens is 1. The zero-order valence-corrected chi connectivity index (χ0v) is 14.1. The van der Waals surface area contributed by atoms with Gasteiger partial charge in [0.2, 0.25) is 11.9 Å². The Morgan fingerprint density at radius 2 is 2.17 bits per heavy atom. The van der Waals surface area contributed by atoms with Crippen LogP contribution in [0.4, 0.5) is 11.6 Å². The Morgan fingerprint density at radius 3 is 2.79 bits per heavy atom. The first kappa shape index (κ1) is 18.0. The second-order valence-electron chi connectivity index (χ2n) is 4.63. The number of carboxylic acid groups (broad SMARTS) is 1. The van der Waals surface area contributed by atoms with Gasteiger partial charge in [-0.15, -0.1) is 0 Å². The number of carbonyl (C=O) groups excluding carboxylic acids is 1. The summed E-state index contributed by atoms with van der Waals surface area (Å²) in [6.07, 6.45) is 1.76. The van der Waals surface area contributed by atoms with Crippen molar-refractivity contribution in [1.29, 1.82) is 0 Å². The van der Waals surface area contributed by atoms with Crippen molar-refractivity contribution in [1.82, 2.24) is 15.0 Å². The maximum absolute atomic E-state index is 12.4. The molecule has 0 aliphatic rings. The van der Waals surface area contributed by atoms with E-state index >= 15 is 0 Å². The molecule has 1 aromatic carbocycles. The molecule has 0 spiro atoms. The van der Waals surface area contributed by atoms with Crippen molar-refractivity contribution in [2.75, 3.05) is 11.1 Å². The van der Waals surface area contributed by atoms with Gasteiger partial charge >= 0.3 is 5.97 Å². The number of nitrogen functional groups attached to an aromatic ring is 1. The summed E-state index contributed by atoms with van der Waals surface area (Å²) in [5.41, 5.74) is 5.75. The predicted molar refractivity (Wildman–Crippen MR) is 91.2 cm³/mol. The molecule has 0 saturated heterocycles. The summed E-state index contributed by atoms with van der Waals surface area (Å²) in [4.78, 5) is 35.0. The summed E-state index contributed by atoms with van der Waals surface area (Å²) in [7, 11) is 0. The minimum atomic E-state index is -1.11. The van der Waals surface area contributed by atoms with Crippen LogP contribution in [0.15, 0.2) is 29.7 Å². The lowest BCUT2D eigenvalue weighted by Crippen LogP contribution is -2.25. The smallest absolute Gasteiger partial charge is 0.335 e. The van der Waals surface area contributed by atoms with E-state index in [1.54, 1.807) is 0 Å². The van der Waals surface area contributed by atoms with E-state index < -0.39 is 11.2 Å².